The van der Waals surface area contributed by atoms with Gasteiger partial charge < -0.3 is 4.90 Å². The zero-order valence-corrected chi connectivity index (χ0v) is 12.3. The van der Waals surface area contributed by atoms with Gasteiger partial charge in [-0.25, -0.2) is 0 Å². The van der Waals surface area contributed by atoms with E-state index in [0.29, 0.717) is 0 Å². The van der Waals surface area contributed by atoms with E-state index < -0.39 is 0 Å². The lowest BCUT2D eigenvalue weighted by Crippen LogP contribution is -2.32. The Balaban J connectivity index is 1.56. The van der Waals surface area contributed by atoms with Gasteiger partial charge in [0.25, 0.3) is 0 Å². The highest BCUT2D eigenvalue weighted by Crippen LogP contribution is 2.31. The zero-order valence-electron chi connectivity index (χ0n) is 10.7. The lowest BCUT2D eigenvalue weighted by Gasteiger charge is -2.28. The largest absolute Gasteiger partial charge is 0.302 e. The van der Waals surface area contributed by atoms with Crippen LogP contribution in [0.25, 0.3) is 6.08 Å². The zero-order chi connectivity index (χ0) is 12.4. The third-order valence-corrected chi connectivity index (χ3v) is 4.48. The predicted octanol–water partition coefficient (Wildman–Crippen LogP) is 4.34. The molecule has 2 fully saturated rings. The van der Waals surface area contributed by atoms with Gasteiger partial charge in [-0.05, 0) is 49.3 Å². The maximum Gasteiger partial charge on any atom is 0.0175 e. The van der Waals surface area contributed by atoms with Crippen LogP contribution in [0.2, 0.25) is 0 Å². The summed E-state index contributed by atoms with van der Waals surface area (Å²) in [4.78, 5) is 2.65. The number of halogens is 1. The van der Waals surface area contributed by atoms with Crippen LogP contribution in [-0.2, 0) is 0 Å². The minimum Gasteiger partial charge on any atom is -0.302 e. The van der Waals surface area contributed by atoms with Crippen LogP contribution >= 0.6 is 15.9 Å². The third-order valence-electron chi connectivity index (χ3n) is 3.95. The summed E-state index contributed by atoms with van der Waals surface area (Å²) >= 11 is 3.48. The molecule has 1 saturated heterocycles. The topological polar surface area (TPSA) is 3.24 Å². The molecular weight excluding hydrogens is 286 g/mol. The van der Waals surface area contributed by atoms with Crippen molar-refractivity contribution in [3.05, 3.63) is 39.9 Å². The first kappa shape index (κ1) is 12.4. The van der Waals surface area contributed by atoms with Crippen LogP contribution in [0, 0.1) is 5.92 Å². The fourth-order valence-corrected chi connectivity index (χ4v) is 2.89. The van der Waals surface area contributed by atoms with Crippen molar-refractivity contribution < 1.29 is 0 Å². The Morgan fingerprint density at radius 3 is 2.39 bits per heavy atom. The molecule has 2 heteroatoms. The summed E-state index contributed by atoms with van der Waals surface area (Å²) in [5, 5.41) is 0. The van der Waals surface area contributed by atoms with Crippen molar-refractivity contribution >= 4 is 22.0 Å². The molecule has 0 N–H and O–H groups in total. The molecule has 0 aromatic heterocycles. The lowest BCUT2D eigenvalue weighted by molar-refractivity contribution is 0.247. The van der Waals surface area contributed by atoms with E-state index in [0.717, 1.165) is 10.4 Å². The van der Waals surface area contributed by atoms with Crippen molar-refractivity contribution in [3.63, 3.8) is 0 Å². The van der Waals surface area contributed by atoms with Crippen LogP contribution in [-0.4, -0.2) is 24.5 Å². The van der Waals surface area contributed by atoms with Crippen LogP contribution in [0.3, 0.4) is 0 Å². The lowest BCUT2D eigenvalue weighted by atomic mass is 10.0. The second-order valence-corrected chi connectivity index (χ2v) is 6.51. The van der Waals surface area contributed by atoms with E-state index in [1.54, 1.807) is 5.57 Å². The summed E-state index contributed by atoms with van der Waals surface area (Å²) in [7, 11) is 0. The van der Waals surface area contributed by atoms with Crippen molar-refractivity contribution in [2.24, 2.45) is 5.92 Å². The average Bonchev–Trinajstić information content (AvgIpc) is 3.19. The van der Waals surface area contributed by atoms with E-state index >= 15 is 0 Å². The van der Waals surface area contributed by atoms with Gasteiger partial charge in [0.15, 0.2) is 0 Å². The molecule has 1 aliphatic carbocycles. The van der Waals surface area contributed by atoms with Gasteiger partial charge in [-0.3, -0.25) is 0 Å². The van der Waals surface area contributed by atoms with Gasteiger partial charge in [0.2, 0.25) is 0 Å². The number of rotatable bonds is 3. The number of benzene rings is 1. The number of piperidine rings is 1. The van der Waals surface area contributed by atoms with Crippen LogP contribution in [0.1, 0.15) is 31.2 Å². The van der Waals surface area contributed by atoms with E-state index in [4.69, 9.17) is 0 Å². The van der Waals surface area contributed by atoms with E-state index in [1.807, 2.05) is 0 Å². The Morgan fingerprint density at radius 1 is 1.11 bits per heavy atom. The Kier molecular flexibility index (Phi) is 3.86. The van der Waals surface area contributed by atoms with E-state index in [2.05, 4.69) is 51.2 Å². The first-order valence-electron chi connectivity index (χ1n) is 6.97. The second kappa shape index (κ2) is 5.58. The summed E-state index contributed by atoms with van der Waals surface area (Å²) < 4.78 is 1.16. The van der Waals surface area contributed by atoms with Crippen molar-refractivity contribution in [2.45, 2.75) is 25.7 Å². The quantitative estimate of drug-likeness (QED) is 0.803. The van der Waals surface area contributed by atoms with Gasteiger partial charge in [0.1, 0.15) is 0 Å². The van der Waals surface area contributed by atoms with Crippen LogP contribution < -0.4 is 0 Å². The summed E-state index contributed by atoms with van der Waals surface area (Å²) in [6.07, 6.45) is 7.82. The molecule has 96 valence electrons. The molecule has 1 aliphatic heterocycles. The molecule has 0 atom stereocenters. The molecule has 0 amide bonds. The third kappa shape index (κ3) is 3.46. The minimum absolute atomic E-state index is 1.03. The Labute approximate surface area is 118 Å². The number of hydrogen-bond donors (Lipinski definition) is 0. The first-order chi connectivity index (χ1) is 8.79. The highest BCUT2D eigenvalue weighted by Gasteiger charge is 2.25. The van der Waals surface area contributed by atoms with Crippen molar-refractivity contribution in [2.75, 3.05) is 19.6 Å². The molecule has 3 rings (SSSR count). The highest BCUT2D eigenvalue weighted by atomic mass is 79.9. The van der Waals surface area contributed by atoms with Gasteiger partial charge in [0, 0.05) is 24.1 Å². The molecule has 1 aromatic carbocycles. The van der Waals surface area contributed by atoms with Gasteiger partial charge >= 0.3 is 0 Å². The Hall–Kier alpha value is -0.600. The molecule has 1 saturated carbocycles. The molecule has 1 aromatic rings. The average molecular weight is 306 g/mol. The number of nitrogens with zero attached hydrogens (tertiary/aromatic N) is 1. The summed E-state index contributed by atoms with van der Waals surface area (Å²) in [5.41, 5.74) is 2.95. The van der Waals surface area contributed by atoms with Gasteiger partial charge in [0.05, 0.1) is 0 Å². The minimum atomic E-state index is 1.03. The molecule has 18 heavy (non-hydrogen) atoms. The van der Waals surface area contributed by atoms with Crippen LogP contribution in [0.5, 0.6) is 0 Å². The van der Waals surface area contributed by atoms with Gasteiger partial charge in [-0.15, -0.1) is 0 Å². The van der Waals surface area contributed by atoms with E-state index in [-0.39, 0.29) is 0 Å². The van der Waals surface area contributed by atoms with Crippen molar-refractivity contribution in [1.29, 1.82) is 0 Å². The molecule has 0 unspecified atom stereocenters. The standard InChI is InChI=1S/C16H20BrN/c17-16-5-3-13(4-6-16)11-14-7-9-18(10-8-14)12-15-1-2-15/h3-6,11,15H,1-2,7-10,12H2. The maximum atomic E-state index is 3.48. The summed E-state index contributed by atoms with van der Waals surface area (Å²) in [5.74, 6) is 1.03. The Bertz CT molecular complexity index is 421. The fourth-order valence-electron chi connectivity index (χ4n) is 2.63. The van der Waals surface area contributed by atoms with Crippen LogP contribution in [0.4, 0.5) is 0 Å². The maximum absolute atomic E-state index is 3.48. The molecule has 0 bridgehead atoms. The van der Waals surface area contributed by atoms with Crippen LogP contribution in [0.15, 0.2) is 34.3 Å². The summed E-state index contributed by atoms with van der Waals surface area (Å²) in [6, 6.07) is 8.62. The summed E-state index contributed by atoms with van der Waals surface area (Å²) in [6.45, 7) is 3.88. The molecule has 1 nitrogen and oxygen atoms in total. The predicted molar refractivity (Wildman–Crippen MR) is 80.5 cm³/mol. The van der Waals surface area contributed by atoms with Gasteiger partial charge in [-0.2, -0.15) is 0 Å². The van der Waals surface area contributed by atoms with Gasteiger partial charge in [-0.1, -0.05) is 39.7 Å². The number of likely N-dealkylation sites (tertiary alicyclic amines) is 1. The normalized spacial score (nSPS) is 21.1. The molecular formula is C16H20BrN. The number of hydrogen-bond acceptors (Lipinski definition) is 1. The van der Waals surface area contributed by atoms with Crippen molar-refractivity contribution in [1.82, 2.24) is 4.90 Å². The molecule has 1 heterocycles. The van der Waals surface area contributed by atoms with E-state index in [1.165, 1.54) is 50.9 Å². The monoisotopic (exact) mass is 305 g/mol. The van der Waals surface area contributed by atoms with E-state index in [9.17, 15) is 0 Å². The SMILES string of the molecule is Brc1ccc(C=C2CCN(CC3CC3)CC2)cc1. The fraction of sp³-hybridized carbons (Fsp3) is 0.500. The van der Waals surface area contributed by atoms with Crippen molar-refractivity contribution in [3.8, 4) is 0 Å². The Morgan fingerprint density at radius 2 is 1.78 bits per heavy atom. The molecule has 2 aliphatic rings. The first-order valence-corrected chi connectivity index (χ1v) is 7.76. The molecule has 0 spiro atoms. The smallest absolute Gasteiger partial charge is 0.0175 e. The molecule has 0 radical (unpaired) electrons. The highest BCUT2D eigenvalue weighted by molar-refractivity contribution is 9.10. The second-order valence-electron chi connectivity index (χ2n) is 5.60.